The van der Waals surface area contributed by atoms with E-state index in [2.05, 4.69) is 22.1 Å². The Morgan fingerprint density at radius 2 is 1.68 bits per heavy atom. The molecule has 0 amide bonds. The Hall–Kier alpha value is -3.35. The first-order chi connectivity index (χ1) is 12.2. The Balaban J connectivity index is 2.10. The average molecular weight is 343 g/mol. The lowest BCUT2D eigenvalue weighted by Crippen LogP contribution is -2.03. The molecule has 0 saturated heterocycles. The van der Waals surface area contributed by atoms with Crippen LogP contribution in [0.15, 0.2) is 59.8 Å². The molecular weight excluding hydrogens is 330 g/mol. The summed E-state index contributed by atoms with van der Waals surface area (Å²) in [6.07, 6.45) is 1.72. The van der Waals surface area contributed by atoms with Gasteiger partial charge in [0, 0.05) is 17.5 Å². The fourth-order valence-electron chi connectivity index (χ4n) is 2.42. The van der Waals surface area contributed by atoms with Gasteiger partial charge in [0.25, 0.3) is 0 Å². The normalized spacial score (nSPS) is 10.0. The molecule has 0 fully saturated rings. The summed E-state index contributed by atoms with van der Waals surface area (Å²) in [6, 6.07) is 19.2. The monoisotopic (exact) mass is 343 g/mol. The Labute approximate surface area is 149 Å². The predicted octanol–water partition coefficient (Wildman–Crippen LogP) is 3.76. The van der Waals surface area contributed by atoms with Crippen molar-refractivity contribution in [1.82, 2.24) is 9.97 Å². The topological polar surface area (TPSA) is 99.4 Å². The van der Waals surface area contributed by atoms with E-state index in [-0.39, 0.29) is 11.4 Å². The van der Waals surface area contributed by atoms with E-state index in [0.29, 0.717) is 21.9 Å². The number of aromatic nitrogens is 2. The third-order valence-corrected chi connectivity index (χ3v) is 4.57. The van der Waals surface area contributed by atoms with Gasteiger partial charge in [-0.05, 0) is 17.7 Å². The second kappa shape index (κ2) is 7.48. The highest BCUT2D eigenvalue weighted by atomic mass is 32.2. The molecule has 2 N–H and O–H groups in total. The van der Waals surface area contributed by atoms with E-state index in [4.69, 9.17) is 5.73 Å². The fraction of sp³-hybridized carbons (Fsp3) is 0.0526. The number of pyridine rings is 2. The summed E-state index contributed by atoms with van der Waals surface area (Å²) in [5, 5.41) is 19.7. The predicted molar refractivity (Wildman–Crippen MR) is 97.3 cm³/mol. The summed E-state index contributed by atoms with van der Waals surface area (Å²) in [5.74, 6) is 0.686. The maximum Gasteiger partial charge on any atom is 0.143 e. The molecule has 0 atom stereocenters. The zero-order chi connectivity index (χ0) is 17.6. The number of rotatable bonds is 4. The lowest BCUT2D eigenvalue weighted by Gasteiger charge is -2.12. The Morgan fingerprint density at radius 1 is 0.960 bits per heavy atom. The third kappa shape index (κ3) is 3.45. The van der Waals surface area contributed by atoms with Crippen LogP contribution in [0.2, 0.25) is 0 Å². The molecule has 3 aromatic rings. The number of nitrogen functional groups attached to an aromatic ring is 1. The van der Waals surface area contributed by atoms with Gasteiger partial charge in [0.05, 0.1) is 11.3 Å². The lowest BCUT2D eigenvalue weighted by atomic mass is 9.97. The minimum absolute atomic E-state index is 0.129. The standard InChI is InChI=1S/C19H13N5S/c20-10-15-17(13-6-2-1-3-7-13)16(11-21)19(24-18(15)22)25-12-14-8-4-5-9-23-14/h1-9H,12H2,(H2,22,24). The number of hydrogen-bond donors (Lipinski definition) is 1. The summed E-state index contributed by atoms with van der Waals surface area (Å²) in [5.41, 5.74) is 8.75. The molecule has 0 radical (unpaired) electrons. The molecule has 0 unspecified atom stereocenters. The van der Waals surface area contributed by atoms with Gasteiger partial charge in [-0.25, -0.2) is 4.98 Å². The van der Waals surface area contributed by atoms with Crippen LogP contribution < -0.4 is 5.73 Å². The lowest BCUT2D eigenvalue weighted by molar-refractivity contribution is 1.10. The van der Waals surface area contributed by atoms with E-state index in [1.165, 1.54) is 11.8 Å². The van der Waals surface area contributed by atoms with Crippen LogP contribution in [0, 0.1) is 22.7 Å². The smallest absolute Gasteiger partial charge is 0.143 e. The molecule has 0 aliphatic carbocycles. The van der Waals surface area contributed by atoms with Crippen LogP contribution in [0.1, 0.15) is 16.8 Å². The molecule has 1 aromatic carbocycles. The zero-order valence-electron chi connectivity index (χ0n) is 13.2. The van der Waals surface area contributed by atoms with Gasteiger partial charge < -0.3 is 5.73 Å². The third-order valence-electron chi connectivity index (χ3n) is 3.56. The van der Waals surface area contributed by atoms with Crippen molar-refractivity contribution in [3.05, 3.63) is 71.5 Å². The maximum atomic E-state index is 9.70. The van der Waals surface area contributed by atoms with Gasteiger partial charge in [-0.15, -0.1) is 0 Å². The first-order valence-corrected chi connectivity index (χ1v) is 8.45. The second-order valence-corrected chi connectivity index (χ2v) is 6.09. The van der Waals surface area contributed by atoms with Crippen molar-refractivity contribution in [2.24, 2.45) is 0 Å². The molecule has 0 bridgehead atoms. The summed E-state index contributed by atoms with van der Waals surface area (Å²) in [4.78, 5) is 8.55. The van der Waals surface area contributed by atoms with Gasteiger partial charge in [0.1, 0.15) is 28.5 Å². The van der Waals surface area contributed by atoms with Gasteiger partial charge >= 0.3 is 0 Å². The van der Waals surface area contributed by atoms with Crippen LogP contribution in [0.4, 0.5) is 5.82 Å². The van der Waals surface area contributed by atoms with Gasteiger partial charge in [0.15, 0.2) is 0 Å². The zero-order valence-corrected chi connectivity index (χ0v) is 14.0. The van der Waals surface area contributed by atoms with Crippen molar-refractivity contribution in [1.29, 1.82) is 10.5 Å². The number of hydrogen-bond acceptors (Lipinski definition) is 6. The van der Waals surface area contributed by atoms with E-state index in [9.17, 15) is 10.5 Å². The molecule has 25 heavy (non-hydrogen) atoms. The van der Waals surface area contributed by atoms with Crippen molar-refractivity contribution in [2.75, 3.05) is 5.73 Å². The van der Waals surface area contributed by atoms with Gasteiger partial charge in [-0.1, -0.05) is 48.2 Å². The second-order valence-electron chi connectivity index (χ2n) is 5.13. The number of nitrogens with two attached hydrogens (primary N) is 1. The first kappa shape index (κ1) is 16.5. The largest absolute Gasteiger partial charge is 0.383 e. The number of nitriles is 2. The summed E-state index contributed by atoms with van der Waals surface area (Å²) >= 11 is 1.38. The molecule has 2 heterocycles. The van der Waals surface area contributed by atoms with E-state index in [1.807, 2.05) is 48.5 Å². The van der Waals surface area contributed by atoms with Crippen molar-refractivity contribution in [2.45, 2.75) is 10.8 Å². The van der Waals surface area contributed by atoms with Crippen LogP contribution in [0.3, 0.4) is 0 Å². The maximum absolute atomic E-state index is 9.70. The number of anilines is 1. The molecule has 0 aliphatic heterocycles. The van der Waals surface area contributed by atoms with Gasteiger partial charge in [-0.3, -0.25) is 4.98 Å². The Bertz CT molecular complexity index is 973. The molecule has 2 aromatic heterocycles. The van der Waals surface area contributed by atoms with Crippen LogP contribution in [0.25, 0.3) is 11.1 Å². The summed E-state index contributed by atoms with van der Waals surface area (Å²) in [7, 11) is 0. The van der Waals surface area contributed by atoms with Crippen molar-refractivity contribution in [3.63, 3.8) is 0 Å². The Morgan fingerprint density at radius 3 is 2.32 bits per heavy atom. The molecule has 5 nitrogen and oxygen atoms in total. The highest BCUT2D eigenvalue weighted by molar-refractivity contribution is 7.98. The number of nitrogens with zero attached hydrogens (tertiary/aromatic N) is 4. The number of benzene rings is 1. The van der Waals surface area contributed by atoms with Crippen LogP contribution in [0.5, 0.6) is 0 Å². The van der Waals surface area contributed by atoms with Crippen LogP contribution in [-0.2, 0) is 5.75 Å². The van der Waals surface area contributed by atoms with Crippen LogP contribution >= 0.6 is 11.8 Å². The highest BCUT2D eigenvalue weighted by Gasteiger charge is 2.20. The van der Waals surface area contributed by atoms with Crippen molar-refractivity contribution in [3.8, 4) is 23.3 Å². The summed E-state index contributed by atoms with van der Waals surface area (Å²) in [6.45, 7) is 0. The molecular formula is C19H13N5S. The van der Waals surface area contributed by atoms with E-state index in [1.54, 1.807) is 6.20 Å². The van der Waals surface area contributed by atoms with Crippen molar-refractivity contribution < 1.29 is 0 Å². The number of thioether (sulfide) groups is 1. The molecule has 6 heteroatoms. The molecule has 120 valence electrons. The molecule has 3 rings (SSSR count). The van der Waals surface area contributed by atoms with E-state index < -0.39 is 0 Å². The summed E-state index contributed by atoms with van der Waals surface area (Å²) < 4.78 is 0. The minimum atomic E-state index is 0.129. The highest BCUT2D eigenvalue weighted by Crippen LogP contribution is 2.36. The minimum Gasteiger partial charge on any atom is -0.383 e. The average Bonchev–Trinajstić information content (AvgIpc) is 2.67. The quantitative estimate of drug-likeness (QED) is 0.724. The Kier molecular flexibility index (Phi) is 4.94. The van der Waals surface area contributed by atoms with Gasteiger partial charge in [-0.2, -0.15) is 10.5 Å². The molecule has 0 spiro atoms. The molecule has 0 aliphatic rings. The SMILES string of the molecule is N#Cc1c(N)nc(SCc2ccccn2)c(C#N)c1-c1ccccc1. The molecule has 0 saturated carbocycles. The van der Waals surface area contributed by atoms with Crippen molar-refractivity contribution >= 4 is 17.6 Å². The van der Waals surface area contributed by atoms with E-state index in [0.717, 1.165) is 11.3 Å². The van der Waals surface area contributed by atoms with Gasteiger partial charge in [0.2, 0.25) is 0 Å². The fourth-order valence-corrected chi connectivity index (χ4v) is 3.33. The first-order valence-electron chi connectivity index (χ1n) is 7.46. The van der Waals surface area contributed by atoms with E-state index >= 15 is 0 Å². The van der Waals surface area contributed by atoms with Crippen LogP contribution in [-0.4, -0.2) is 9.97 Å².